The minimum Gasteiger partial charge on any atom is -0.376 e. The van der Waals surface area contributed by atoms with Gasteiger partial charge in [-0.05, 0) is 18.2 Å². The van der Waals surface area contributed by atoms with E-state index in [1.54, 1.807) is 11.3 Å². The van der Waals surface area contributed by atoms with Gasteiger partial charge in [-0.15, -0.1) is 0 Å². The molecule has 2 aromatic rings. The van der Waals surface area contributed by atoms with Crippen LogP contribution >= 0.6 is 27.3 Å². The third kappa shape index (κ3) is 2.83. The number of halogens is 1. The van der Waals surface area contributed by atoms with Gasteiger partial charge in [-0.1, -0.05) is 27.3 Å². The maximum atomic E-state index is 5.57. The van der Waals surface area contributed by atoms with Gasteiger partial charge in [0.05, 0.1) is 36.1 Å². The molecule has 1 aliphatic rings. The lowest BCUT2D eigenvalue weighted by atomic mass is 10.3. The average molecular weight is 329 g/mol. The monoisotopic (exact) mass is 328 g/mol. The second kappa shape index (κ2) is 5.52. The molecular weight excluding hydrogens is 316 g/mol. The van der Waals surface area contributed by atoms with Crippen molar-refractivity contribution < 1.29 is 9.47 Å². The van der Waals surface area contributed by atoms with Crippen LogP contribution in [0.15, 0.2) is 22.7 Å². The van der Waals surface area contributed by atoms with Crippen molar-refractivity contribution in [2.24, 2.45) is 0 Å². The summed E-state index contributed by atoms with van der Waals surface area (Å²) in [6.45, 7) is 2.77. The van der Waals surface area contributed by atoms with Crippen LogP contribution in [0.5, 0.6) is 0 Å². The number of hydrogen-bond acceptors (Lipinski definition) is 5. The third-order valence-corrected chi connectivity index (χ3v) is 4.20. The molecule has 0 aliphatic carbocycles. The third-order valence-electron chi connectivity index (χ3n) is 2.72. The second-order valence-electron chi connectivity index (χ2n) is 4.08. The van der Waals surface area contributed by atoms with E-state index in [4.69, 9.17) is 9.47 Å². The van der Waals surface area contributed by atoms with E-state index in [9.17, 15) is 0 Å². The summed E-state index contributed by atoms with van der Waals surface area (Å²) in [4.78, 5) is 4.54. The Bertz CT molecular complexity index is 540. The normalized spacial score (nSPS) is 20.2. The smallest absolute Gasteiger partial charge is 0.183 e. The van der Waals surface area contributed by atoms with Crippen molar-refractivity contribution in [1.29, 1.82) is 0 Å². The summed E-state index contributed by atoms with van der Waals surface area (Å²) in [5, 5.41) is 4.24. The Labute approximate surface area is 117 Å². The van der Waals surface area contributed by atoms with Gasteiger partial charge in [-0.25, -0.2) is 4.98 Å². The van der Waals surface area contributed by atoms with Crippen LogP contribution in [0.25, 0.3) is 10.2 Å². The van der Waals surface area contributed by atoms with Crippen LogP contribution < -0.4 is 5.32 Å². The molecule has 1 saturated heterocycles. The van der Waals surface area contributed by atoms with E-state index in [0.29, 0.717) is 19.8 Å². The molecule has 96 valence electrons. The standard InChI is InChI=1S/C12H13BrN2O2S/c13-8-1-2-11-10(5-8)15-12(18-11)14-6-9-7-16-3-4-17-9/h1-2,5,9H,3-4,6-7H2,(H,14,15). The lowest BCUT2D eigenvalue weighted by Crippen LogP contribution is -2.34. The van der Waals surface area contributed by atoms with Crippen LogP contribution in [0, 0.1) is 0 Å². The molecular formula is C12H13BrN2O2S. The summed E-state index contributed by atoms with van der Waals surface area (Å²) in [5.74, 6) is 0. The van der Waals surface area contributed by atoms with Crippen LogP contribution in [0.1, 0.15) is 0 Å². The fourth-order valence-corrected chi connectivity index (χ4v) is 3.03. The lowest BCUT2D eigenvalue weighted by Gasteiger charge is -2.22. The first kappa shape index (κ1) is 12.3. The Kier molecular flexibility index (Phi) is 3.79. The van der Waals surface area contributed by atoms with Gasteiger partial charge in [0.2, 0.25) is 0 Å². The number of aromatic nitrogens is 1. The molecule has 18 heavy (non-hydrogen) atoms. The maximum Gasteiger partial charge on any atom is 0.183 e. The molecule has 0 spiro atoms. The quantitative estimate of drug-likeness (QED) is 0.940. The molecule has 1 aromatic carbocycles. The Morgan fingerprint density at radius 2 is 2.39 bits per heavy atom. The number of hydrogen-bond donors (Lipinski definition) is 1. The van der Waals surface area contributed by atoms with E-state index >= 15 is 0 Å². The summed E-state index contributed by atoms with van der Waals surface area (Å²) in [5.41, 5.74) is 1.01. The van der Waals surface area contributed by atoms with Crippen LogP contribution in [-0.4, -0.2) is 37.5 Å². The number of nitrogens with one attached hydrogen (secondary N) is 1. The topological polar surface area (TPSA) is 43.4 Å². The zero-order valence-electron chi connectivity index (χ0n) is 9.69. The second-order valence-corrected chi connectivity index (χ2v) is 6.03. The van der Waals surface area contributed by atoms with Crippen molar-refractivity contribution in [2.75, 3.05) is 31.7 Å². The first-order chi connectivity index (χ1) is 8.81. The summed E-state index contributed by atoms with van der Waals surface area (Å²) < 4.78 is 13.2. The van der Waals surface area contributed by atoms with E-state index in [2.05, 4.69) is 32.3 Å². The fraction of sp³-hybridized carbons (Fsp3) is 0.417. The number of rotatable bonds is 3. The van der Waals surface area contributed by atoms with Crippen molar-refractivity contribution in [3.8, 4) is 0 Å². The number of fused-ring (bicyclic) bond motifs is 1. The molecule has 1 fully saturated rings. The maximum absolute atomic E-state index is 5.57. The first-order valence-electron chi connectivity index (χ1n) is 5.80. The van der Waals surface area contributed by atoms with Gasteiger partial charge in [0.25, 0.3) is 0 Å². The molecule has 2 heterocycles. The van der Waals surface area contributed by atoms with Gasteiger partial charge in [-0.2, -0.15) is 0 Å². The molecule has 3 rings (SSSR count). The Balaban J connectivity index is 1.67. The summed E-state index contributed by atoms with van der Waals surface area (Å²) in [6.07, 6.45) is 0.123. The highest BCUT2D eigenvalue weighted by atomic mass is 79.9. The Morgan fingerprint density at radius 1 is 1.44 bits per heavy atom. The zero-order valence-corrected chi connectivity index (χ0v) is 12.1. The minimum absolute atomic E-state index is 0.123. The molecule has 0 radical (unpaired) electrons. The molecule has 1 N–H and O–H groups in total. The van der Waals surface area contributed by atoms with E-state index < -0.39 is 0 Å². The summed E-state index contributed by atoms with van der Waals surface area (Å²) in [7, 11) is 0. The number of nitrogens with zero attached hydrogens (tertiary/aromatic N) is 1. The van der Waals surface area contributed by atoms with Crippen LogP contribution in [0.4, 0.5) is 5.13 Å². The molecule has 1 aromatic heterocycles. The number of thiazole rings is 1. The van der Waals surface area contributed by atoms with Crippen molar-refractivity contribution in [3.05, 3.63) is 22.7 Å². The summed E-state index contributed by atoms with van der Waals surface area (Å²) >= 11 is 5.11. The van der Waals surface area contributed by atoms with Gasteiger partial charge in [-0.3, -0.25) is 0 Å². The van der Waals surface area contributed by atoms with E-state index in [-0.39, 0.29) is 6.10 Å². The molecule has 0 bridgehead atoms. The van der Waals surface area contributed by atoms with E-state index in [0.717, 1.165) is 21.7 Å². The average Bonchev–Trinajstić information content (AvgIpc) is 2.79. The molecule has 1 unspecified atom stereocenters. The van der Waals surface area contributed by atoms with Gasteiger partial charge in [0, 0.05) is 11.0 Å². The minimum atomic E-state index is 0.123. The van der Waals surface area contributed by atoms with Gasteiger partial charge in [0.15, 0.2) is 5.13 Å². The number of ether oxygens (including phenoxy) is 2. The number of benzene rings is 1. The molecule has 1 atom stereocenters. The number of anilines is 1. The molecule has 6 heteroatoms. The molecule has 4 nitrogen and oxygen atoms in total. The zero-order chi connectivity index (χ0) is 12.4. The van der Waals surface area contributed by atoms with E-state index in [1.165, 1.54) is 4.70 Å². The van der Waals surface area contributed by atoms with Gasteiger partial charge >= 0.3 is 0 Å². The highest BCUT2D eigenvalue weighted by molar-refractivity contribution is 9.10. The molecule has 0 saturated carbocycles. The van der Waals surface area contributed by atoms with E-state index in [1.807, 2.05) is 12.1 Å². The fourth-order valence-electron chi connectivity index (χ4n) is 1.83. The van der Waals surface area contributed by atoms with Crippen LogP contribution in [-0.2, 0) is 9.47 Å². The Morgan fingerprint density at radius 3 is 3.22 bits per heavy atom. The van der Waals surface area contributed by atoms with Crippen molar-refractivity contribution in [2.45, 2.75) is 6.10 Å². The Hall–Kier alpha value is -0.690. The van der Waals surface area contributed by atoms with Crippen molar-refractivity contribution >= 4 is 42.6 Å². The van der Waals surface area contributed by atoms with Crippen molar-refractivity contribution in [1.82, 2.24) is 4.98 Å². The first-order valence-corrected chi connectivity index (χ1v) is 7.41. The SMILES string of the molecule is Brc1ccc2sc(NCC3COCCO3)nc2c1. The van der Waals surface area contributed by atoms with Gasteiger partial charge in [0.1, 0.15) is 0 Å². The predicted molar refractivity (Wildman–Crippen MR) is 76.4 cm³/mol. The predicted octanol–water partition coefficient (Wildman–Crippen LogP) is 2.89. The lowest BCUT2D eigenvalue weighted by molar-refractivity contribution is -0.0818. The van der Waals surface area contributed by atoms with Crippen LogP contribution in [0.2, 0.25) is 0 Å². The molecule has 0 amide bonds. The van der Waals surface area contributed by atoms with Crippen LogP contribution in [0.3, 0.4) is 0 Å². The highest BCUT2D eigenvalue weighted by Crippen LogP contribution is 2.28. The largest absolute Gasteiger partial charge is 0.376 e. The highest BCUT2D eigenvalue weighted by Gasteiger charge is 2.14. The van der Waals surface area contributed by atoms with Crippen molar-refractivity contribution in [3.63, 3.8) is 0 Å². The molecule has 1 aliphatic heterocycles. The van der Waals surface area contributed by atoms with Gasteiger partial charge < -0.3 is 14.8 Å². The summed E-state index contributed by atoms with van der Waals surface area (Å²) in [6, 6.07) is 6.13.